The highest BCUT2D eigenvalue weighted by Crippen LogP contribution is 2.11. The maximum absolute atomic E-state index is 10.8. The van der Waals surface area contributed by atoms with Crippen molar-refractivity contribution in [3.63, 3.8) is 0 Å². The van der Waals surface area contributed by atoms with Crippen molar-refractivity contribution in [1.29, 1.82) is 0 Å². The minimum atomic E-state index is -3.17. The fraction of sp³-hybridized carbons (Fsp3) is 0.333. The molecule has 1 rings (SSSR count). The number of nitrogens with one attached hydrogen (secondary N) is 1. The van der Waals surface area contributed by atoms with Gasteiger partial charge in [0.25, 0.3) is 5.69 Å². The molecule has 1 aromatic carbocycles. The van der Waals surface area contributed by atoms with E-state index >= 15 is 0 Å². The third-order valence-electron chi connectivity index (χ3n) is 1.93. The van der Waals surface area contributed by atoms with Crippen LogP contribution in [0.3, 0.4) is 0 Å². The average Bonchev–Trinajstić information content (AvgIpc) is 2.16. The molecule has 6 nitrogen and oxygen atoms in total. The fourth-order valence-corrected chi connectivity index (χ4v) is 1.64. The van der Waals surface area contributed by atoms with Gasteiger partial charge in [-0.1, -0.05) is 12.1 Å². The van der Waals surface area contributed by atoms with E-state index < -0.39 is 14.9 Å². The number of hydrogen-bond acceptors (Lipinski definition) is 4. The molecular formula is C9H12N2O4S. The molecule has 0 amide bonds. The van der Waals surface area contributed by atoms with Crippen LogP contribution in [0.15, 0.2) is 24.3 Å². The topological polar surface area (TPSA) is 89.3 Å². The highest BCUT2D eigenvalue weighted by atomic mass is 32.2. The van der Waals surface area contributed by atoms with E-state index in [0.29, 0.717) is 6.42 Å². The number of hydrogen-bond donors (Lipinski definition) is 1. The van der Waals surface area contributed by atoms with Crippen molar-refractivity contribution in [3.05, 3.63) is 39.9 Å². The van der Waals surface area contributed by atoms with E-state index in [1.165, 1.54) is 12.1 Å². The summed E-state index contributed by atoms with van der Waals surface area (Å²) in [5.74, 6) is 0. The molecule has 0 saturated heterocycles. The van der Waals surface area contributed by atoms with Gasteiger partial charge in [0.15, 0.2) is 0 Å². The van der Waals surface area contributed by atoms with Crippen LogP contribution in [0.2, 0.25) is 0 Å². The summed E-state index contributed by atoms with van der Waals surface area (Å²) in [6.07, 6.45) is 1.59. The standard InChI is InChI=1S/C9H12N2O4S/c1-16(14,15)10-7-6-8-2-4-9(5-3-8)11(12)13/h2-5,10H,6-7H2,1H3. The molecule has 0 unspecified atom stereocenters. The van der Waals surface area contributed by atoms with Crippen molar-refractivity contribution in [1.82, 2.24) is 4.72 Å². The molecule has 0 atom stereocenters. The number of nitro groups is 1. The monoisotopic (exact) mass is 244 g/mol. The van der Waals surface area contributed by atoms with Crippen molar-refractivity contribution in [2.75, 3.05) is 12.8 Å². The van der Waals surface area contributed by atoms with E-state index in [9.17, 15) is 18.5 Å². The second kappa shape index (κ2) is 5.04. The lowest BCUT2D eigenvalue weighted by Crippen LogP contribution is -2.24. The van der Waals surface area contributed by atoms with Crippen LogP contribution >= 0.6 is 0 Å². The molecule has 1 aromatic rings. The van der Waals surface area contributed by atoms with Gasteiger partial charge in [-0.2, -0.15) is 0 Å². The Kier molecular flexibility index (Phi) is 3.97. The fourth-order valence-electron chi connectivity index (χ4n) is 1.17. The second-order valence-electron chi connectivity index (χ2n) is 3.34. The lowest BCUT2D eigenvalue weighted by Gasteiger charge is -2.02. The SMILES string of the molecule is CS(=O)(=O)NCCc1ccc([N+](=O)[O-])cc1. The number of rotatable bonds is 5. The summed E-state index contributed by atoms with van der Waals surface area (Å²) in [7, 11) is -3.17. The van der Waals surface area contributed by atoms with Gasteiger partial charge < -0.3 is 0 Å². The molecule has 0 saturated carbocycles. The van der Waals surface area contributed by atoms with Gasteiger partial charge in [0.1, 0.15) is 0 Å². The van der Waals surface area contributed by atoms with Crippen LogP contribution in [-0.4, -0.2) is 26.1 Å². The van der Waals surface area contributed by atoms with Gasteiger partial charge in [-0.3, -0.25) is 10.1 Å². The molecule has 0 aliphatic carbocycles. The Morgan fingerprint density at radius 1 is 1.31 bits per heavy atom. The van der Waals surface area contributed by atoms with Gasteiger partial charge in [-0.15, -0.1) is 0 Å². The summed E-state index contributed by atoms with van der Waals surface area (Å²) in [4.78, 5) is 9.90. The third kappa shape index (κ3) is 4.37. The highest BCUT2D eigenvalue weighted by molar-refractivity contribution is 7.88. The van der Waals surface area contributed by atoms with Gasteiger partial charge in [0, 0.05) is 18.7 Å². The quantitative estimate of drug-likeness (QED) is 0.609. The first-order valence-electron chi connectivity index (χ1n) is 4.56. The zero-order valence-corrected chi connectivity index (χ0v) is 9.53. The third-order valence-corrected chi connectivity index (χ3v) is 2.65. The Morgan fingerprint density at radius 3 is 2.31 bits per heavy atom. The molecule has 88 valence electrons. The van der Waals surface area contributed by atoms with Gasteiger partial charge in [-0.25, -0.2) is 13.1 Å². The van der Waals surface area contributed by atoms with E-state index in [4.69, 9.17) is 0 Å². The van der Waals surface area contributed by atoms with E-state index in [2.05, 4.69) is 4.72 Å². The maximum Gasteiger partial charge on any atom is 0.269 e. The number of nitro benzene ring substituents is 1. The van der Waals surface area contributed by atoms with Crippen LogP contribution in [0.5, 0.6) is 0 Å². The maximum atomic E-state index is 10.8. The zero-order chi connectivity index (χ0) is 12.2. The lowest BCUT2D eigenvalue weighted by molar-refractivity contribution is -0.384. The Balaban J connectivity index is 2.53. The summed E-state index contributed by atoms with van der Waals surface area (Å²) in [6, 6.07) is 6.02. The average molecular weight is 244 g/mol. The summed E-state index contributed by atoms with van der Waals surface area (Å²) in [6.45, 7) is 0.288. The van der Waals surface area contributed by atoms with Gasteiger partial charge in [0.2, 0.25) is 10.0 Å². The second-order valence-corrected chi connectivity index (χ2v) is 5.17. The van der Waals surface area contributed by atoms with E-state index in [1.807, 2.05) is 0 Å². The molecule has 0 bridgehead atoms. The van der Waals surface area contributed by atoms with E-state index in [1.54, 1.807) is 12.1 Å². The summed E-state index contributed by atoms with van der Waals surface area (Å²) < 4.78 is 23.9. The summed E-state index contributed by atoms with van der Waals surface area (Å²) >= 11 is 0. The minimum absolute atomic E-state index is 0.0276. The van der Waals surface area contributed by atoms with Crippen molar-refractivity contribution >= 4 is 15.7 Å². The number of sulfonamides is 1. The lowest BCUT2D eigenvalue weighted by atomic mass is 10.1. The highest BCUT2D eigenvalue weighted by Gasteiger charge is 2.04. The van der Waals surface area contributed by atoms with Gasteiger partial charge >= 0.3 is 0 Å². The van der Waals surface area contributed by atoms with E-state index in [-0.39, 0.29) is 12.2 Å². The van der Waals surface area contributed by atoms with Crippen molar-refractivity contribution in [2.45, 2.75) is 6.42 Å². The van der Waals surface area contributed by atoms with Crippen LogP contribution in [-0.2, 0) is 16.4 Å². The molecule has 0 aliphatic rings. The van der Waals surface area contributed by atoms with Crippen LogP contribution in [0.1, 0.15) is 5.56 Å². The van der Waals surface area contributed by atoms with Crippen LogP contribution in [0.25, 0.3) is 0 Å². The van der Waals surface area contributed by atoms with Crippen molar-refractivity contribution < 1.29 is 13.3 Å². The van der Waals surface area contributed by atoms with Crippen LogP contribution < -0.4 is 4.72 Å². The molecule has 0 aliphatic heterocycles. The number of non-ortho nitro benzene ring substituents is 1. The Bertz CT molecular complexity index is 467. The Hall–Kier alpha value is -1.47. The smallest absolute Gasteiger partial charge is 0.258 e. The molecule has 0 radical (unpaired) electrons. The van der Waals surface area contributed by atoms with Gasteiger partial charge in [-0.05, 0) is 12.0 Å². The first-order chi connectivity index (χ1) is 7.38. The molecule has 0 aromatic heterocycles. The molecule has 0 fully saturated rings. The number of benzene rings is 1. The molecule has 0 heterocycles. The normalized spacial score (nSPS) is 11.3. The Morgan fingerprint density at radius 2 is 1.88 bits per heavy atom. The minimum Gasteiger partial charge on any atom is -0.258 e. The summed E-state index contributed by atoms with van der Waals surface area (Å²) in [5.41, 5.74) is 0.876. The van der Waals surface area contributed by atoms with Crippen molar-refractivity contribution in [2.24, 2.45) is 0 Å². The number of nitrogens with zero attached hydrogens (tertiary/aromatic N) is 1. The molecule has 7 heteroatoms. The van der Waals surface area contributed by atoms with Crippen molar-refractivity contribution in [3.8, 4) is 0 Å². The van der Waals surface area contributed by atoms with Gasteiger partial charge in [0.05, 0.1) is 11.2 Å². The first kappa shape index (κ1) is 12.6. The van der Waals surface area contributed by atoms with Crippen LogP contribution in [0, 0.1) is 10.1 Å². The summed E-state index contributed by atoms with van der Waals surface area (Å²) in [5, 5.41) is 10.4. The molecule has 16 heavy (non-hydrogen) atoms. The predicted octanol–water partition coefficient (Wildman–Crippen LogP) is 0.687. The largest absolute Gasteiger partial charge is 0.269 e. The zero-order valence-electron chi connectivity index (χ0n) is 8.71. The Labute approximate surface area is 93.5 Å². The molecule has 1 N–H and O–H groups in total. The van der Waals surface area contributed by atoms with E-state index in [0.717, 1.165) is 11.8 Å². The predicted molar refractivity (Wildman–Crippen MR) is 59.6 cm³/mol. The first-order valence-corrected chi connectivity index (χ1v) is 6.45. The molecule has 0 spiro atoms. The van der Waals surface area contributed by atoms with Crippen LogP contribution in [0.4, 0.5) is 5.69 Å². The molecular weight excluding hydrogens is 232 g/mol.